The van der Waals surface area contributed by atoms with Crippen LogP contribution < -0.4 is 16.4 Å². The number of rotatable bonds is 2. The number of nitrogens with one attached hydrogen (secondary N) is 2. The lowest BCUT2D eigenvalue weighted by Crippen LogP contribution is -2.38. The third-order valence-corrected chi connectivity index (χ3v) is 3.77. The van der Waals surface area contributed by atoms with Crippen LogP contribution in [0.4, 0.5) is 5.95 Å². The van der Waals surface area contributed by atoms with E-state index in [0.29, 0.717) is 17.9 Å². The Morgan fingerprint density at radius 1 is 1.39 bits per heavy atom. The fourth-order valence-electron chi connectivity index (χ4n) is 2.88. The van der Waals surface area contributed by atoms with Crippen molar-refractivity contribution in [3.05, 3.63) is 5.82 Å². The van der Waals surface area contributed by atoms with Gasteiger partial charge in [-0.1, -0.05) is 0 Å². The van der Waals surface area contributed by atoms with E-state index in [1.54, 1.807) is 0 Å². The Morgan fingerprint density at radius 3 is 3.00 bits per heavy atom. The first-order valence-corrected chi connectivity index (χ1v) is 6.46. The fraction of sp³-hybridized carbons (Fsp3) is 0.727. The van der Waals surface area contributed by atoms with E-state index in [9.17, 15) is 4.79 Å². The molecule has 0 aliphatic carbocycles. The molecule has 1 amide bonds. The standard InChI is InChI=1S/C11H18N6O/c12-9(18)10-15-11-14-5-3-8(17(11)16-10)7-2-1-4-13-6-7/h7-8,13H,1-6H2,(H2,12,18)(H,14,15,16). The zero-order valence-corrected chi connectivity index (χ0v) is 10.2. The molecule has 1 aromatic heterocycles. The maximum absolute atomic E-state index is 11.1. The second-order valence-electron chi connectivity index (χ2n) is 4.96. The fourth-order valence-corrected chi connectivity index (χ4v) is 2.88. The third-order valence-electron chi connectivity index (χ3n) is 3.77. The summed E-state index contributed by atoms with van der Waals surface area (Å²) in [5, 5.41) is 10.8. The van der Waals surface area contributed by atoms with Crippen molar-refractivity contribution in [2.45, 2.75) is 25.3 Å². The molecule has 3 heterocycles. The molecule has 0 spiro atoms. The Hall–Kier alpha value is -1.63. The van der Waals surface area contributed by atoms with Crippen molar-refractivity contribution >= 4 is 11.9 Å². The first-order chi connectivity index (χ1) is 8.75. The Balaban J connectivity index is 1.88. The molecule has 0 aromatic carbocycles. The summed E-state index contributed by atoms with van der Waals surface area (Å²) in [6, 6.07) is 0.314. The molecule has 1 aromatic rings. The highest BCUT2D eigenvalue weighted by molar-refractivity contribution is 5.89. The normalized spacial score (nSPS) is 27.3. The minimum Gasteiger partial charge on any atom is -0.363 e. The molecule has 7 heteroatoms. The van der Waals surface area contributed by atoms with Crippen LogP contribution in [0.5, 0.6) is 0 Å². The van der Waals surface area contributed by atoms with Crippen molar-refractivity contribution in [3.63, 3.8) is 0 Å². The first kappa shape index (κ1) is 11.5. The lowest BCUT2D eigenvalue weighted by molar-refractivity contribution is 0.0989. The van der Waals surface area contributed by atoms with Gasteiger partial charge in [0.25, 0.3) is 5.91 Å². The van der Waals surface area contributed by atoms with Crippen LogP contribution in [0.25, 0.3) is 0 Å². The van der Waals surface area contributed by atoms with Gasteiger partial charge >= 0.3 is 0 Å². The summed E-state index contributed by atoms with van der Waals surface area (Å²) in [4.78, 5) is 15.3. The lowest BCUT2D eigenvalue weighted by Gasteiger charge is -2.33. The monoisotopic (exact) mass is 250 g/mol. The minimum atomic E-state index is -0.570. The maximum Gasteiger partial charge on any atom is 0.288 e. The number of carbonyl (C=O) groups excluding carboxylic acids is 1. The average molecular weight is 250 g/mol. The van der Waals surface area contributed by atoms with E-state index in [4.69, 9.17) is 5.73 Å². The largest absolute Gasteiger partial charge is 0.363 e. The SMILES string of the molecule is NC(=O)c1nc2n(n1)C(C1CCCNC1)CCN2. The quantitative estimate of drug-likeness (QED) is 0.671. The van der Waals surface area contributed by atoms with Crippen molar-refractivity contribution in [2.75, 3.05) is 25.0 Å². The molecule has 2 aliphatic rings. The van der Waals surface area contributed by atoms with Crippen molar-refractivity contribution in [1.82, 2.24) is 20.1 Å². The lowest BCUT2D eigenvalue weighted by atomic mass is 9.89. The van der Waals surface area contributed by atoms with Gasteiger partial charge in [-0.05, 0) is 38.3 Å². The van der Waals surface area contributed by atoms with Gasteiger partial charge in [0.2, 0.25) is 11.8 Å². The van der Waals surface area contributed by atoms with Crippen LogP contribution in [0.2, 0.25) is 0 Å². The summed E-state index contributed by atoms with van der Waals surface area (Å²) in [7, 11) is 0. The van der Waals surface area contributed by atoms with E-state index in [-0.39, 0.29) is 5.82 Å². The highest BCUT2D eigenvalue weighted by atomic mass is 16.1. The minimum absolute atomic E-state index is 0.105. The summed E-state index contributed by atoms with van der Waals surface area (Å²) in [6.07, 6.45) is 3.41. The van der Waals surface area contributed by atoms with Gasteiger partial charge in [-0.3, -0.25) is 4.79 Å². The van der Waals surface area contributed by atoms with E-state index in [2.05, 4.69) is 20.7 Å². The first-order valence-electron chi connectivity index (χ1n) is 6.46. The van der Waals surface area contributed by atoms with E-state index in [1.165, 1.54) is 12.8 Å². The van der Waals surface area contributed by atoms with Gasteiger partial charge in [0, 0.05) is 6.54 Å². The Kier molecular flexibility index (Phi) is 2.91. The number of aromatic nitrogens is 3. The molecule has 1 saturated heterocycles. The van der Waals surface area contributed by atoms with E-state index < -0.39 is 5.91 Å². The van der Waals surface area contributed by atoms with Gasteiger partial charge in [-0.2, -0.15) is 4.98 Å². The number of carbonyl (C=O) groups is 1. The average Bonchev–Trinajstić information content (AvgIpc) is 2.83. The van der Waals surface area contributed by atoms with Gasteiger partial charge in [0.15, 0.2) is 0 Å². The molecular weight excluding hydrogens is 232 g/mol. The zero-order chi connectivity index (χ0) is 12.5. The molecule has 0 radical (unpaired) electrons. The maximum atomic E-state index is 11.1. The zero-order valence-electron chi connectivity index (χ0n) is 10.2. The predicted molar refractivity (Wildman–Crippen MR) is 66.3 cm³/mol. The summed E-state index contributed by atoms with van der Waals surface area (Å²) in [6.45, 7) is 2.98. The summed E-state index contributed by atoms with van der Waals surface area (Å²) < 4.78 is 1.85. The molecule has 2 unspecified atom stereocenters. The molecule has 98 valence electrons. The van der Waals surface area contributed by atoms with Gasteiger partial charge in [-0.25, -0.2) is 4.68 Å². The highest BCUT2D eigenvalue weighted by Crippen LogP contribution is 2.31. The van der Waals surface area contributed by atoms with Crippen molar-refractivity contribution in [1.29, 1.82) is 0 Å². The van der Waals surface area contributed by atoms with Crippen LogP contribution in [0, 0.1) is 5.92 Å². The van der Waals surface area contributed by atoms with E-state index in [0.717, 1.165) is 26.1 Å². The summed E-state index contributed by atoms with van der Waals surface area (Å²) in [5.41, 5.74) is 5.23. The van der Waals surface area contributed by atoms with Gasteiger partial charge in [0.1, 0.15) is 0 Å². The third kappa shape index (κ3) is 1.94. The number of piperidine rings is 1. The van der Waals surface area contributed by atoms with Crippen molar-refractivity contribution in [2.24, 2.45) is 11.7 Å². The van der Waals surface area contributed by atoms with Crippen LogP contribution in [0.3, 0.4) is 0 Å². The van der Waals surface area contributed by atoms with Gasteiger partial charge in [-0.15, -0.1) is 5.10 Å². The predicted octanol–water partition coefficient (Wildman–Crippen LogP) is -0.267. The Bertz CT molecular complexity index is 450. The number of hydrogen-bond acceptors (Lipinski definition) is 5. The molecular formula is C11H18N6O. The number of nitrogens with zero attached hydrogens (tertiary/aromatic N) is 3. The van der Waals surface area contributed by atoms with Crippen LogP contribution >= 0.6 is 0 Å². The second-order valence-corrected chi connectivity index (χ2v) is 4.96. The van der Waals surface area contributed by atoms with Crippen LogP contribution in [-0.2, 0) is 0 Å². The number of amides is 1. The Morgan fingerprint density at radius 2 is 2.28 bits per heavy atom. The van der Waals surface area contributed by atoms with Crippen LogP contribution in [0.1, 0.15) is 35.9 Å². The number of nitrogens with two attached hydrogens (primary N) is 1. The molecule has 2 aliphatic heterocycles. The Labute approximate surface area is 105 Å². The summed E-state index contributed by atoms with van der Waals surface area (Å²) in [5.74, 6) is 0.764. The molecule has 0 saturated carbocycles. The van der Waals surface area contributed by atoms with Gasteiger partial charge < -0.3 is 16.4 Å². The van der Waals surface area contributed by atoms with Crippen molar-refractivity contribution < 1.29 is 4.79 Å². The molecule has 3 rings (SSSR count). The van der Waals surface area contributed by atoms with Crippen LogP contribution in [-0.4, -0.2) is 40.3 Å². The smallest absolute Gasteiger partial charge is 0.288 e. The molecule has 2 atom stereocenters. The second kappa shape index (κ2) is 4.56. The molecule has 7 nitrogen and oxygen atoms in total. The molecule has 1 fully saturated rings. The topological polar surface area (TPSA) is 97.9 Å². The molecule has 4 N–H and O–H groups in total. The van der Waals surface area contributed by atoms with Crippen molar-refractivity contribution in [3.8, 4) is 0 Å². The number of fused-ring (bicyclic) bond motifs is 1. The number of hydrogen-bond donors (Lipinski definition) is 3. The van der Waals surface area contributed by atoms with Gasteiger partial charge in [0.05, 0.1) is 6.04 Å². The number of anilines is 1. The van der Waals surface area contributed by atoms with Crippen LogP contribution in [0.15, 0.2) is 0 Å². The van der Waals surface area contributed by atoms with E-state index >= 15 is 0 Å². The number of primary amides is 1. The van der Waals surface area contributed by atoms with E-state index in [1.807, 2.05) is 4.68 Å². The highest BCUT2D eigenvalue weighted by Gasteiger charge is 2.31. The molecule has 0 bridgehead atoms. The molecule has 18 heavy (non-hydrogen) atoms. The summed E-state index contributed by atoms with van der Waals surface area (Å²) >= 11 is 0.